The summed E-state index contributed by atoms with van der Waals surface area (Å²) in [4.78, 5) is 14.4. The fourth-order valence-corrected chi connectivity index (χ4v) is 2.15. The molecule has 6 nitrogen and oxygen atoms in total. The average molecular weight is 399 g/mol. The minimum absolute atomic E-state index is 0. The number of carbonyl (C=O) groups is 1. The van der Waals surface area contributed by atoms with E-state index in [1.807, 2.05) is 39.8 Å². The Morgan fingerprint density at radius 3 is 1.92 bits per heavy atom. The van der Waals surface area contributed by atoms with Gasteiger partial charge in [-0.3, -0.25) is 9.69 Å². The maximum absolute atomic E-state index is 12.6. The Hall–Kier alpha value is -1.60. The molecule has 0 aliphatic rings. The van der Waals surface area contributed by atoms with Crippen molar-refractivity contribution in [3.05, 3.63) is 49.3 Å². The molecule has 0 N–H and O–H groups in total. The standard InChI is InChI=1S/C16H25NO2.3CO.Cr/c1-7-13-10-8-9-12(2)14(13)17(11-19-6)15(18)16(3,4)5;3*1-2;/h8-10H,7,11H2,1-6H3;;;;. The number of para-hydroxylation sites is 1. The Bertz CT molecular complexity index is 559. The molecule has 0 unspecified atom stereocenters. The van der Waals surface area contributed by atoms with Gasteiger partial charge in [0.25, 0.3) is 0 Å². The number of hydrogen-bond acceptors (Lipinski definition) is 2. The predicted octanol–water partition coefficient (Wildman–Crippen LogP) is 3.43. The van der Waals surface area contributed by atoms with Crippen LogP contribution in [0, 0.1) is 32.3 Å². The summed E-state index contributed by atoms with van der Waals surface area (Å²) < 4.78 is 27.7. The van der Waals surface area contributed by atoms with E-state index in [1.165, 1.54) is 5.56 Å². The number of hydrogen-bond donors (Lipinski definition) is 0. The number of aryl methyl sites for hydroxylation is 2. The molecule has 1 amide bonds. The third-order valence-corrected chi connectivity index (χ3v) is 3.12. The van der Waals surface area contributed by atoms with Gasteiger partial charge in [0, 0.05) is 29.9 Å². The molecule has 0 heterocycles. The van der Waals surface area contributed by atoms with Crippen molar-refractivity contribution in [1.29, 1.82) is 0 Å². The fraction of sp³-hybridized carbons (Fsp3) is 0.474. The van der Waals surface area contributed by atoms with Crippen molar-refractivity contribution in [3.63, 3.8) is 0 Å². The van der Waals surface area contributed by atoms with E-state index < -0.39 is 5.41 Å². The summed E-state index contributed by atoms with van der Waals surface area (Å²) >= 11 is 0. The van der Waals surface area contributed by atoms with Crippen molar-refractivity contribution in [2.24, 2.45) is 5.41 Å². The zero-order valence-electron chi connectivity index (χ0n) is 16.0. The van der Waals surface area contributed by atoms with Crippen LogP contribution in [0.2, 0.25) is 0 Å². The third-order valence-electron chi connectivity index (χ3n) is 3.12. The second-order valence-electron chi connectivity index (χ2n) is 5.84. The van der Waals surface area contributed by atoms with Crippen LogP contribution in [0.15, 0.2) is 18.2 Å². The molecule has 0 saturated heterocycles. The maximum atomic E-state index is 12.6. The van der Waals surface area contributed by atoms with Crippen LogP contribution in [-0.4, -0.2) is 19.7 Å². The first-order valence-corrected chi connectivity index (χ1v) is 7.33. The van der Waals surface area contributed by atoms with Gasteiger partial charge in [-0.05, 0) is 24.5 Å². The summed E-state index contributed by atoms with van der Waals surface area (Å²) in [7, 11) is 1.62. The van der Waals surface area contributed by atoms with E-state index in [-0.39, 0.29) is 30.0 Å². The first-order valence-electron chi connectivity index (χ1n) is 7.33. The molecule has 1 aromatic carbocycles. The molecule has 142 valence electrons. The van der Waals surface area contributed by atoms with Crippen molar-refractivity contribution in [1.82, 2.24) is 0 Å². The van der Waals surface area contributed by atoms with E-state index in [0.29, 0.717) is 0 Å². The van der Waals surface area contributed by atoms with E-state index in [2.05, 4.69) is 32.9 Å². The van der Waals surface area contributed by atoms with Gasteiger partial charge in [0.05, 0.1) is 5.69 Å². The molecule has 0 atom stereocenters. The molecule has 0 fully saturated rings. The molecular weight excluding hydrogens is 374 g/mol. The molecular formula is C19H25CrNO5. The first kappa shape index (κ1) is 32.1. The largest absolute Gasteiger partial charge is 0 e. The second kappa shape index (κ2) is 18.2. The topological polar surface area (TPSA) is 89.2 Å². The van der Waals surface area contributed by atoms with Crippen LogP contribution in [0.3, 0.4) is 0 Å². The summed E-state index contributed by atoms with van der Waals surface area (Å²) in [6, 6.07) is 6.14. The molecule has 0 saturated carbocycles. The van der Waals surface area contributed by atoms with Crippen LogP contribution in [0.1, 0.15) is 38.8 Å². The number of rotatable bonds is 4. The van der Waals surface area contributed by atoms with E-state index in [0.717, 1.165) is 17.7 Å². The van der Waals surface area contributed by atoms with E-state index in [9.17, 15) is 4.79 Å². The van der Waals surface area contributed by atoms with Gasteiger partial charge in [-0.1, -0.05) is 45.9 Å². The van der Waals surface area contributed by atoms with Crippen molar-refractivity contribution in [2.75, 3.05) is 18.7 Å². The van der Waals surface area contributed by atoms with Gasteiger partial charge < -0.3 is 4.74 Å². The predicted molar refractivity (Wildman–Crippen MR) is 91.2 cm³/mol. The van der Waals surface area contributed by atoms with Crippen LogP contribution in [0.4, 0.5) is 5.69 Å². The van der Waals surface area contributed by atoms with E-state index >= 15 is 0 Å². The number of ether oxygens (including phenoxy) is 1. The summed E-state index contributed by atoms with van der Waals surface area (Å²) in [6.45, 7) is 23.7. The van der Waals surface area contributed by atoms with Crippen molar-refractivity contribution in [2.45, 2.75) is 41.0 Å². The van der Waals surface area contributed by atoms with Gasteiger partial charge >= 0.3 is 33.9 Å². The minimum Gasteiger partial charge on any atom is 0 e. The summed E-state index contributed by atoms with van der Waals surface area (Å²) in [5, 5.41) is 0. The normalized spacial score (nSPS) is 8.62. The molecule has 1 rings (SSSR count). The van der Waals surface area contributed by atoms with Gasteiger partial charge in [-0.25, -0.2) is 0 Å². The number of anilines is 1. The Morgan fingerprint density at radius 2 is 1.58 bits per heavy atom. The summed E-state index contributed by atoms with van der Waals surface area (Å²) in [5.74, 6) is 0.0818. The average Bonchev–Trinajstić information content (AvgIpc) is 2.63. The maximum Gasteiger partial charge on any atom is 0 e. The Morgan fingerprint density at radius 1 is 1.12 bits per heavy atom. The first-order chi connectivity index (χ1) is 11.8. The molecule has 0 spiro atoms. The summed E-state index contributed by atoms with van der Waals surface area (Å²) in [5.41, 5.74) is 2.85. The smallest absolute Gasteiger partial charge is 0 e. The number of benzene rings is 1. The Kier molecular flexibility index (Phi) is 22.5. The van der Waals surface area contributed by atoms with Gasteiger partial charge in [0.2, 0.25) is 5.91 Å². The molecule has 0 aromatic heterocycles. The van der Waals surface area contributed by atoms with E-state index in [1.54, 1.807) is 12.0 Å². The van der Waals surface area contributed by atoms with Crippen LogP contribution in [0.5, 0.6) is 0 Å². The second-order valence-corrected chi connectivity index (χ2v) is 5.84. The van der Waals surface area contributed by atoms with Crippen LogP contribution >= 0.6 is 0 Å². The molecule has 0 aliphatic heterocycles. The SMILES string of the molecule is CCc1cccc(C)c1N(COC)C(=O)C(C)(C)C.[C-]#[O+].[C-]#[O+].[C-]#[O+].[Cr]. The zero-order chi connectivity index (χ0) is 20.6. The van der Waals surface area contributed by atoms with Crippen molar-refractivity contribution >= 4 is 11.6 Å². The fourth-order valence-electron chi connectivity index (χ4n) is 2.15. The minimum atomic E-state index is -0.425. The van der Waals surface area contributed by atoms with Gasteiger partial charge in [0.15, 0.2) is 0 Å². The van der Waals surface area contributed by atoms with E-state index in [4.69, 9.17) is 18.7 Å². The van der Waals surface area contributed by atoms with Gasteiger partial charge in [-0.15, -0.1) is 0 Å². The molecule has 1 aromatic rings. The van der Waals surface area contributed by atoms with Crippen molar-refractivity contribution in [3.8, 4) is 0 Å². The van der Waals surface area contributed by atoms with Crippen LogP contribution in [0.25, 0.3) is 0 Å². The Balaban J connectivity index is -0.000000312. The third kappa shape index (κ3) is 10.4. The molecule has 0 aliphatic carbocycles. The number of carbonyl (C=O) groups excluding carboxylic acids is 1. The zero-order valence-corrected chi connectivity index (χ0v) is 17.3. The monoisotopic (exact) mass is 399 g/mol. The van der Waals surface area contributed by atoms with Crippen molar-refractivity contribution < 1.29 is 40.8 Å². The number of methoxy groups -OCH3 is 1. The number of nitrogens with zero attached hydrogens (tertiary/aromatic N) is 1. The summed E-state index contributed by atoms with van der Waals surface area (Å²) in [6.07, 6.45) is 0.897. The van der Waals surface area contributed by atoms with Gasteiger partial charge in [-0.2, -0.15) is 0 Å². The molecule has 0 bridgehead atoms. The van der Waals surface area contributed by atoms with Gasteiger partial charge in [0.1, 0.15) is 6.73 Å². The Labute approximate surface area is 167 Å². The molecule has 26 heavy (non-hydrogen) atoms. The van der Waals surface area contributed by atoms with Crippen LogP contribution in [-0.2, 0) is 47.3 Å². The number of amides is 1. The quantitative estimate of drug-likeness (QED) is 0.441. The van der Waals surface area contributed by atoms with Crippen LogP contribution < -0.4 is 4.90 Å². The molecule has 7 heteroatoms. The molecule has 0 radical (unpaired) electrons.